The van der Waals surface area contributed by atoms with Crippen molar-refractivity contribution in [3.63, 3.8) is 0 Å². The number of amides is 1. The van der Waals surface area contributed by atoms with Crippen molar-refractivity contribution in [2.75, 3.05) is 72.5 Å². The Hall–Kier alpha value is -3.06. The molecule has 0 spiro atoms. The van der Waals surface area contributed by atoms with Gasteiger partial charge in [-0.2, -0.15) is 4.98 Å². The zero-order valence-electron chi connectivity index (χ0n) is 21.3. The number of carbonyl (C=O) groups excluding carboxylic acids is 1. The second-order valence-electron chi connectivity index (χ2n) is 10.1. The van der Waals surface area contributed by atoms with Gasteiger partial charge in [0, 0.05) is 39.3 Å². The number of fused-ring (bicyclic) bond motifs is 1. The molecule has 0 saturated carbocycles. The number of nitrogens with one attached hydrogen (secondary N) is 1. The number of anilines is 4. The number of hydrogen-bond donors (Lipinski definition) is 3. The molecule has 0 unspecified atom stereocenters. The molecule has 3 saturated heterocycles. The van der Waals surface area contributed by atoms with Gasteiger partial charge in [0.1, 0.15) is 11.5 Å². The van der Waals surface area contributed by atoms with Crippen LogP contribution in [0.5, 0.6) is 0 Å². The van der Waals surface area contributed by atoms with Crippen LogP contribution in [0.3, 0.4) is 0 Å². The number of morpholine rings is 1. The lowest BCUT2D eigenvalue weighted by Crippen LogP contribution is -2.39. The van der Waals surface area contributed by atoms with E-state index in [-0.39, 0.29) is 12.0 Å². The van der Waals surface area contributed by atoms with Gasteiger partial charge >= 0.3 is 0 Å². The molecule has 202 valence electrons. The van der Waals surface area contributed by atoms with Crippen molar-refractivity contribution in [3.05, 3.63) is 30.0 Å². The first-order chi connectivity index (χ1) is 18.5. The number of nitrogens with zero attached hydrogens (tertiary/aromatic N) is 6. The monoisotopic (exact) mass is 539 g/mol. The largest absolute Gasteiger partial charge is 0.393 e. The van der Waals surface area contributed by atoms with Crippen LogP contribution >= 0.6 is 11.3 Å². The fourth-order valence-corrected chi connectivity index (χ4v) is 6.22. The molecule has 1 atom stereocenters. The van der Waals surface area contributed by atoms with Crippen LogP contribution in [-0.4, -0.2) is 95.8 Å². The Labute approximate surface area is 225 Å². The molecule has 3 aliphatic heterocycles. The molecule has 0 radical (unpaired) electrons. The number of ether oxygens (including phenoxy) is 1. The Kier molecular flexibility index (Phi) is 7.28. The first-order valence-corrected chi connectivity index (χ1v) is 14.1. The van der Waals surface area contributed by atoms with Crippen molar-refractivity contribution in [1.29, 1.82) is 0 Å². The zero-order valence-corrected chi connectivity index (χ0v) is 22.1. The summed E-state index contributed by atoms with van der Waals surface area (Å²) in [6, 6.07) is 7.38. The number of aliphatic hydroxyl groups excluding tert-OH is 2. The maximum Gasteiger partial charge on any atom is 0.274 e. The Morgan fingerprint density at radius 1 is 0.947 bits per heavy atom. The van der Waals surface area contributed by atoms with Gasteiger partial charge in [-0.3, -0.25) is 4.79 Å². The number of pyridine rings is 2. The molecule has 3 N–H and O–H groups in total. The lowest BCUT2D eigenvalue weighted by molar-refractivity contribution is 0.102. The third-order valence-corrected chi connectivity index (χ3v) is 8.39. The van der Waals surface area contributed by atoms with Crippen LogP contribution in [0.15, 0.2) is 24.3 Å². The first-order valence-electron chi connectivity index (χ1n) is 13.3. The number of thiazole rings is 1. The Balaban J connectivity index is 1.30. The highest BCUT2D eigenvalue weighted by Gasteiger charge is 2.25. The predicted molar refractivity (Wildman–Crippen MR) is 148 cm³/mol. The van der Waals surface area contributed by atoms with E-state index in [2.05, 4.69) is 20.1 Å². The summed E-state index contributed by atoms with van der Waals surface area (Å²) in [5.41, 5.74) is 1.54. The molecule has 3 aliphatic rings. The minimum absolute atomic E-state index is 0.276. The summed E-state index contributed by atoms with van der Waals surface area (Å²) in [5, 5.41) is 24.1. The van der Waals surface area contributed by atoms with Gasteiger partial charge in [-0.05, 0) is 43.9 Å². The summed E-state index contributed by atoms with van der Waals surface area (Å²) >= 11 is 1.55. The van der Waals surface area contributed by atoms with Crippen LogP contribution in [0.1, 0.15) is 36.2 Å². The summed E-state index contributed by atoms with van der Waals surface area (Å²) in [6.45, 7) is 5.52. The van der Waals surface area contributed by atoms with Gasteiger partial charge < -0.3 is 35.0 Å². The standard InChI is InChI=1S/C26H33N7O4S/c34-17-6-9-31(10-7-17)22-5-1-4-19(27-22)25(36)28-20-15-21-23(29-24(20)33-8-2-3-18(35)16-33)30-26(38-21)32-11-13-37-14-12-32/h1,4-5,15,17-18,34-35H,2-3,6-14,16H2,(H,28,36)/t18-/m1/s1. The lowest BCUT2D eigenvalue weighted by Gasteiger charge is -2.32. The zero-order chi connectivity index (χ0) is 26.1. The van der Waals surface area contributed by atoms with Crippen molar-refractivity contribution < 1.29 is 19.7 Å². The molecular weight excluding hydrogens is 506 g/mol. The summed E-state index contributed by atoms with van der Waals surface area (Å²) in [5.74, 6) is 1.03. The van der Waals surface area contributed by atoms with Gasteiger partial charge in [-0.25, -0.2) is 9.97 Å². The topological polar surface area (TPSA) is 127 Å². The Morgan fingerprint density at radius 2 is 1.76 bits per heavy atom. The SMILES string of the molecule is O=C(Nc1cc2sc(N3CCOCC3)nc2nc1N1CCC[C@@H](O)C1)c1cccc(N2CCC(O)CC2)n1. The van der Waals surface area contributed by atoms with Crippen LogP contribution in [0.4, 0.5) is 22.5 Å². The second kappa shape index (κ2) is 11.0. The quantitative estimate of drug-likeness (QED) is 0.444. The summed E-state index contributed by atoms with van der Waals surface area (Å²) < 4.78 is 6.37. The number of carbonyl (C=O) groups is 1. The molecule has 0 bridgehead atoms. The van der Waals surface area contributed by atoms with Crippen LogP contribution < -0.4 is 20.0 Å². The van der Waals surface area contributed by atoms with Gasteiger partial charge in [-0.15, -0.1) is 0 Å². The van der Waals surface area contributed by atoms with Crippen molar-refractivity contribution in [1.82, 2.24) is 15.0 Å². The summed E-state index contributed by atoms with van der Waals surface area (Å²) in [4.78, 5) is 34.1. The van der Waals surface area contributed by atoms with Gasteiger partial charge in [0.25, 0.3) is 5.91 Å². The van der Waals surface area contributed by atoms with Crippen LogP contribution in [0.25, 0.3) is 10.3 Å². The van der Waals surface area contributed by atoms with Gasteiger partial charge in [0.15, 0.2) is 16.6 Å². The average molecular weight is 540 g/mol. The molecule has 11 nitrogen and oxygen atoms in total. The van der Waals surface area contributed by atoms with E-state index >= 15 is 0 Å². The molecule has 3 aromatic heterocycles. The van der Waals surface area contributed by atoms with E-state index in [4.69, 9.17) is 14.7 Å². The Bertz CT molecular complexity index is 1290. The normalized spacial score (nSPS) is 21.2. The van der Waals surface area contributed by atoms with Gasteiger partial charge in [0.2, 0.25) is 0 Å². The van der Waals surface area contributed by atoms with E-state index in [1.807, 2.05) is 23.1 Å². The molecular formula is C26H33N7O4S. The van der Waals surface area contributed by atoms with E-state index in [1.165, 1.54) is 0 Å². The maximum atomic E-state index is 13.4. The maximum absolute atomic E-state index is 13.4. The van der Waals surface area contributed by atoms with E-state index in [9.17, 15) is 15.0 Å². The molecule has 0 aliphatic carbocycles. The second-order valence-corrected chi connectivity index (χ2v) is 11.1. The van der Waals surface area contributed by atoms with Crippen molar-refractivity contribution in [3.8, 4) is 0 Å². The number of aromatic nitrogens is 3. The number of hydrogen-bond acceptors (Lipinski definition) is 11. The molecule has 3 aromatic rings. The molecule has 0 aromatic carbocycles. The van der Waals surface area contributed by atoms with Crippen molar-refractivity contribution >= 4 is 50.0 Å². The Morgan fingerprint density at radius 3 is 2.55 bits per heavy atom. The van der Waals surface area contributed by atoms with Crippen molar-refractivity contribution in [2.45, 2.75) is 37.9 Å². The third kappa shape index (κ3) is 5.39. The van der Waals surface area contributed by atoms with Crippen LogP contribution in [0, 0.1) is 0 Å². The molecule has 3 fully saturated rings. The lowest BCUT2D eigenvalue weighted by atomic mass is 10.1. The highest BCUT2D eigenvalue weighted by Crippen LogP contribution is 2.35. The van der Waals surface area contributed by atoms with E-state index in [1.54, 1.807) is 17.4 Å². The smallest absolute Gasteiger partial charge is 0.274 e. The number of piperidine rings is 2. The molecule has 12 heteroatoms. The highest BCUT2D eigenvalue weighted by atomic mass is 32.1. The predicted octanol–water partition coefficient (Wildman–Crippen LogP) is 2.10. The van der Waals surface area contributed by atoms with Crippen molar-refractivity contribution in [2.24, 2.45) is 0 Å². The molecule has 1 amide bonds. The summed E-state index contributed by atoms with van der Waals surface area (Å²) in [6.07, 6.45) is 2.26. The molecule has 6 rings (SSSR count). The minimum Gasteiger partial charge on any atom is -0.393 e. The molecule has 38 heavy (non-hydrogen) atoms. The average Bonchev–Trinajstić information content (AvgIpc) is 3.37. The van der Waals surface area contributed by atoms with Gasteiger partial charge in [-0.1, -0.05) is 17.4 Å². The fourth-order valence-electron chi connectivity index (χ4n) is 5.22. The van der Waals surface area contributed by atoms with Crippen LogP contribution in [0.2, 0.25) is 0 Å². The minimum atomic E-state index is -0.439. The van der Waals surface area contributed by atoms with Crippen LogP contribution in [-0.2, 0) is 4.74 Å². The van der Waals surface area contributed by atoms with Gasteiger partial charge in [0.05, 0.1) is 35.8 Å². The first kappa shape index (κ1) is 25.2. The number of rotatable bonds is 5. The summed E-state index contributed by atoms with van der Waals surface area (Å²) in [7, 11) is 0. The number of aliphatic hydroxyl groups is 2. The molecule has 6 heterocycles. The van der Waals surface area contributed by atoms with E-state index in [0.717, 1.165) is 48.1 Å². The number of β-amino-alcohol motifs (C(OH)–C–C–N with tert-alkyl or cyclic N) is 1. The fraction of sp³-hybridized carbons (Fsp3) is 0.538. The van der Waals surface area contributed by atoms with E-state index < -0.39 is 6.10 Å². The van der Waals surface area contributed by atoms with E-state index in [0.29, 0.717) is 68.5 Å². The highest BCUT2D eigenvalue weighted by molar-refractivity contribution is 7.22. The third-order valence-electron chi connectivity index (χ3n) is 7.33.